The number of aliphatic hydroxyl groups excluding tert-OH is 1. The summed E-state index contributed by atoms with van der Waals surface area (Å²) < 4.78 is 40.9. The van der Waals surface area contributed by atoms with Gasteiger partial charge in [0.2, 0.25) is 0 Å². The highest BCUT2D eigenvalue weighted by Crippen LogP contribution is 2.33. The Balaban J connectivity index is 1.60. The molecule has 2 aromatic heterocycles. The number of nitriles is 1. The van der Waals surface area contributed by atoms with Crippen molar-refractivity contribution in [3.8, 4) is 22.9 Å². The van der Waals surface area contributed by atoms with Crippen molar-refractivity contribution in [1.82, 2.24) is 9.97 Å². The van der Waals surface area contributed by atoms with Gasteiger partial charge in [0.05, 0.1) is 5.56 Å². The molecule has 1 unspecified atom stereocenters. The lowest BCUT2D eigenvalue weighted by Crippen LogP contribution is -2.23. The van der Waals surface area contributed by atoms with Crippen molar-refractivity contribution < 1.29 is 27.8 Å². The Morgan fingerprint density at radius 1 is 1.20 bits per heavy atom. The standard InChI is InChI=1S/C24H20F3N5O3/c25-24(26,27)35-20-5-3-18(4-6-20)31-23(34)17-9-21(16-1-2-19(10-28)29-11-16)22(30-12-17)32-8-7-15(13-32)14-33/h1-6,9,11-12,15,33H,7-8,13-14H2,(H,31,34). The molecule has 1 aromatic carbocycles. The minimum atomic E-state index is -4.80. The van der Waals surface area contributed by atoms with E-state index in [0.717, 1.165) is 18.6 Å². The molecule has 1 aliphatic heterocycles. The fourth-order valence-electron chi connectivity index (χ4n) is 3.78. The van der Waals surface area contributed by atoms with Crippen LogP contribution in [-0.2, 0) is 0 Å². The van der Waals surface area contributed by atoms with E-state index in [-0.39, 0.29) is 29.5 Å². The van der Waals surface area contributed by atoms with E-state index in [0.29, 0.717) is 30.0 Å². The van der Waals surface area contributed by atoms with E-state index in [9.17, 15) is 23.1 Å². The van der Waals surface area contributed by atoms with Crippen molar-refractivity contribution in [2.75, 3.05) is 29.9 Å². The molecule has 1 amide bonds. The third-order valence-corrected chi connectivity index (χ3v) is 5.51. The smallest absolute Gasteiger partial charge is 0.406 e. The number of hydrogen-bond acceptors (Lipinski definition) is 7. The number of carbonyl (C=O) groups excluding carboxylic acids is 1. The van der Waals surface area contributed by atoms with Crippen molar-refractivity contribution in [1.29, 1.82) is 5.26 Å². The zero-order chi connectivity index (χ0) is 25.0. The normalized spacial score (nSPS) is 15.5. The molecule has 1 fully saturated rings. The van der Waals surface area contributed by atoms with Gasteiger partial charge >= 0.3 is 6.36 Å². The highest BCUT2D eigenvalue weighted by Gasteiger charge is 2.31. The van der Waals surface area contributed by atoms with E-state index in [4.69, 9.17) is 5.26 Å². The van der Waals surface area contributed by atoms with Crippen LogP contribution in [0.25, 0.3) is 11.1 Å². The summed E-state index contributed by atoms with van der Waals surface area (Å²) >= 11 is 0. The zero-order valence-electron chi connectivity index (χ0n) is 18.3. The molecule has 2 N–H and O–H groups in total. The first kappa shape index (κ1) is 24.0. The molecular formula is C24H20F3N5O3. The average Bonchev–Trinajstić information content (AvgIpc) is 3.33. The number of anilines is 2. The van der Waals surface area contributed by atoms with E-state index in [2.05, 4.69) is 20.0 Å². The Morgan fingerprint density at radius 3 is 2.57 bits per heavy atom. The first-order valence-electron chi connectivity index (χ1n) is 10.7. The number of halogens is 3. The second-order valence-electron chi connectivity index (χ2n) is 7.95. The Kier molecular flexibility index (Phi) is 6.84. The van der Waals surface area contributed by atoms with Crippen molar-refractivity contribution in [3.05, 3.63) is 66.1 Å². The molecular weight excluding hydrogens is 463 g/mol. The Bertz CT molecular complexity index is 1240. The Morgan fingerprint density at radius 2 is 1.97 bits per heavy atom. The number of amides is 1. The van der Waals surface area contributed by atoms with Gasteiger partial charge in [-0.15, -0.1) is 13.2 Å². The van der Waals surface area contributed by atoms with E-state index >= 15 is 0 Å². The number of nitrogens with one attached hydrogen (secondary N) is 1. The molecule has 3 heterocycles. The molecule has 0 spiro atoms. The number of hydrogen-bond donors (Lipinski definition) is 2. The lowest BCUT2D eigenvalue weighted by Gasteiger charge is -2.21. The monoisotopic (exact) mass is 483 g/mol. The third-order valence-electron chi connectivity index (χ3n) is 5.51. The van der Waals surface area contributed by atoms with Crippen LogP contribution in [0, 0.1) is 17.2 Å². The molecule has 0 aliphatic carbocycles. The van der Waals surface area contributed by atoms with Crippen molar-refractivity contribution in [2.45, 2.75) is 12.8 Å². The highest BCUT2D eigenvalue weighted by molar-refractivity contribution is 6.05. The predicted molar refractivity (Wildman–Crippen MR) is 121 cm³/mol. The zero-order valence-corrected chi connectivity index (χ0v) is 18.3. The van der Waals surface area contributed by atoms with Crippen molar-refractivity contribution in [2.24, 2.45) is 5.92 Å². The SMILES string of the molecule is N#Cc1ccc(-c2cc(C(=O)Nc3ccc(OC(F)(F)F)cc3)cnc2N2CCC(CO)C2)cn1. The van der Waals surface area contributed by atoms with Crippen LogP contribution in [0.2, 0.25) is 0 Å². The number of rotatable bonds is 6. The molecule has 11 heteroatoms. The van der Waals surface area contributed by atoms with Crippen LogP contribution in [0.5, 0.6) is 5.75 Å². The summed E-state index contributed by atoms with van der Waals surface area (Å²) in [6.45, 7) is 1.36. The van der Waals surface area contributed by atoms with E-state index < -0.39 is 18.0 Å². The molecule has 35 heavy (non-hydrogen) atoms. The number of benzene rings is 1. The van der Waals surface area contributed by atoms with Crippen molar-refractivity contribution in [3.63, 3.8) is 0 Å². The van der Waals surface area contributed by atoms with Gasteiger partial charge in [-0.05, 0) is 48.9 Å². The molecule has 3 aromatic rings. The van der Waals surface area contributed by atoms with Crippen LogP contribution in [-0.4, -0.2) is 47.0 Å². The maximum absolute atomic E-state index is 12.9. The van der Waals surface area contributed by atoms with Gasteiger partial charge < -0.3 is 20.1 Å². The molecule has 0 bridgehead atoms. The summed E-state index contributed by atoms with van der Waals surface area (Å²) in [5, 5.41) is 21.2. The summed E-state index contributed by atoms with van der Waals surface area (Å²) in [6.07, 6.45) is -1.06. The molecule has 1 saturated heterocycles. The Hall–Kier alpha value is -4.17. The quantitative estimate of drug-likeness (QED) is 0.545. The van der Waals surface area contributed by atoms with Gasteiger partial charge in [0.15, 0.2) is 0 Å². The van der Waals surface area contributed by atoms with E-state index in [1.807, 2.05) is 11.0 Å². The van der Waals surface area contributed by atoms with Gasteiger partial charge in [-0.25, -0.2) is 9.97 Å². The van der Waals surface area contributed by atoms with Gasteiger partial charge in [0.1, 0.15) is 23.3 Å². The van der Waals surface area contributed by atoms with Crippen LogP contribution < -0.4 is 15.0 Å². The summed E-state index contributed by atoms with van der Waals surface area (Å²) in [7, 11) is 0. The van der Waals surface area contributed by atoms with Crippen LogP contribution in [0.3, 0.4) is 0 Å². The predicted octanol–water partition coefficient (Wildman–Crippen LogP) is 3.98. The molecule has 8 nitrogen and oxygen atoms in total. The summed E-state index contributed by atoms with van der Waals surface area (Å²) in [6, 6.07) is 11.7. The maximum Gasteiger partial charge on any atom is 0.573 e. The number of alkyl halides is 3. The minimum absolute atomic E-state index is 0.0670. The first-order valence-corrected chi connectivity index (χ1v) is 10.7. The fraction of sp³-hybridized carbons (Fsp3) is 0.250. The van der Waals surface area contributed by atoms with E-state index in [1.54, 1.807) is 18.2 Å². The molecule has 1 aliphatic rings. The number of pyridine rings is 2. The molecule has 0 radical (unpaired) electrons. The number of aromatic nitrogens is 2. The Labute approximate surface area is 198 Å². The summed E-state index contributed by atoms with van der Waals surface area (Å²) in [5.74, 6) is -0.163. The summed E-state index contributed by atoms with van der Waals surface area (Å²) in [5.41, 5.74) is 2.03. The van der Waals surface area contributed by atoms with Crippen LogP contribution >= 0.6 is 0 Å². The van der Waals surface area contributed by atoms with Gasteiger partial charge in [-0.3, -0.25) is 4.79 Å². The molecule has 0 saturated carbocycles. The van der Waals surface area contributed by atoms with Crippen LogP contribution in [0.15, 0.2) is 54.9 Å². The maximum atomic E-state index is 12.9. The molecule has 4 rings (SSSR count). The number of ether oxygens (including phenoxy) is 1. The second kappa shape index (κ2) is 9.99. The largest absolute Gasteiger partial charge is 0.573 e. The number of aliphatic hydroxyl groups is 1. The third kappa shape index (κ3) is 5.85. The average molecular weight is 483 g/mol. The first-order chi connectivity index (χ1) is 16.8. The fourth-order valence-corrected chi connectivity index (χ4v) is 3.78. The second-order valence-corrected chi connectivity index (χ2v) is 7.95. The lowest BCUT2D eigenvalue weighted by atomic mass is 10.0. The van der Waals surface area contributed by atoms with Gasteiger partial charge in [0.25, 0.3) is 5.91 Å². The molecule has 1 atom stereocenters. The van der Waals surface area contributed by atoms with Gasteiger partial charge in [-0.2, -0.15) is 5.26 Å². The van der Waals surface area contributed by atoms with Gasteiger partial charge in [-0.1, -0.05) is 0 Å². The number of carbonyl (C=O) groups is 1. The van der Waals surface area contributed by atoms with E-state index in [1.165, 1.54) is 24.5 Å². The van der Waals surface area contributed by atoms with Crippen molar-refractivity contribution >= 4 is 17.4 Å². The van der Waals surface area contributed by atoms with Gasteiger partial charge in [0, 0.05) is 54.8 Å². The topological polar surface area (TPSA) is 111 Å². The minimum Gasteiger partial charge on any atom is -0.406 e. The lowest BCUT2D eigenvalue weighted by molar-refractivity contribution is -0.274. The molecule has 180 valence electrons. The van der Waals surface area contributed by atoms with Crippen LogP contribution in [0.1, 0.15) is 22.5 Å². The van der Waals surface area contributed by atoms with Crippen LogP contribution in [0.4, 0.5) is 24.7 Å². The number of nitrogens with zero attached hydrogens (tertiary/aromatic N) is 4. The summed E-state index contributed by atoms with van der Waals surface area (Å²) in [4.78, 5) is 23.5. The highest BCUT2D eigenvalue weighted by atomic mass is 19.4.